The van der Waals surface area contributed by atoms with Crippen LogP contribution in [0.25, 0.3) is 0 Å². The van der Waals surface area contributed by atoms with E-state index in [2.05, 4.69) is 0 Å². The van der Waals surface area contributed by atoms with Crippen molar-refractivity contribution in [2.75, 3.05) is 0 Å². The first kappa shape index (κ1) is 25.2. The third-order valence-electron chi connectivity index (χ3n) is 4.13. The number of carboxylic acid groups (broad SMARTS) is 2. The number of carboxylic acids is 2. The SMILES string of the molecule is CCCCC(CC)C/C(C(=O)O)=C(\CC(F)(F)C(F)(F)C(F)(F)F)C(=O)O. The maximum atomic E-state index is 13.6. The van der Waals surface area contributed by atoms with E-state index >= 15 is 0 Å². The minimum atomic E-state index is -6.63. The molecular weight excluding hydrogens is 389 g/mol. The fraction of sp³-hybridized carbons (Fsp3) is 0.750. The summed E-state index contributed by atoms with van der Waals surface area (Å²) in [5.41, 5.74) is -2.76. The fourth-order valence-corrected chi connectivity index (χ4v) is 2.42. The zero-order valence-corrected chi connectivity index (χ0v) is 14.7. The smallest absolute Gasteiger partial charge is 0.459 e. The van der Waals surface area contributed by atoms with Gasteiger partial charge in [0.2, 0.25) is 0 Å². The number of hydrogen-bond acceptors (Lipinski definition) is 2. The largest absolute Gasteiger partial charge is 0.478 e. The van der Waals surface area contributed by atoms with Crippen LogP contribution in [0.15, 0.2) is 11.1 Å². The van der Waals surface area contributed by atoms with Gasteiger partial charge in [0, 0.05) is 5.57 Å². The van der Waals surface area contributed by atoms with E-state index in [4.69, 9.17) is 10.2 Å². The van der Waals surface area contributed by atoms with Crippen LogP contribution in [0.4, 0.5) is 30.7 Å². The average Bonchev–Trinajstić information content (AvgIpc) is 2.51. The molecule has 0 rings (SSSR count). The Kier molecular flexibility index (Phi) is 8.78. The lowest BCUT2D eigenvalue weighted by molar-refractivity contribution is -0.353. The maximum absolute atomic E-state index is 13.6. The van der Waals surface area contributed by atoms with Gasteiger partial charge in [-0.2, -0.15) is 30.7 Å². The average molecular weight is 410 g/mol. The quantitative estimate of drug-likeness (QED) is 0.359. The molecule has 0 heterocycles. The van der Waals surface area contributed by atoms with Crippen LogP contribution in [0.2, 0.25) is 0 Å². The number of hydrogen-bond donors (Lipinski definition) is 2. The van der Waals surface area contributed by atoms with Gasteiger partial charge in [-0.3, -0.25) is 0 Å². The van der Waals surface area contributed by atoms with Crippen LogP contribution in [-0.2, 0) is 9.59 Å². The van der Waals surface area contributed by atoms with Crippen molar-refractivity contribution in [1.82, 2.24) is 0 Å². The highest BCUT2D eigenvalue weighted by Gasteiger charge is 2.73. The molecule has 0 aliphatic carbocycles. The number of unbranched alkanes of at least 4 members (excludes halogenated alkanes) is 1. The summed E-state index contributed by atoms with van der Waals surface area (Å²) in [4.78, 5) is 22.5. The lowest BCUT2D eigenvalue weighted by Gasteiger charge is -2.28. The first-order valence-corrected chi connectivity index (χ1v) is 8.13. The molecule has 1 unspecified atom stereocenters. The van der Waals surface area contributed by atoms with E-state index in [-0.39, 0.29) is 0 Å². The normalized spacial score (nSPS) is 15.3. The molecule has 0 aromatic rings. The molecule has 0 radical (unpaired) electrons. The molecule has 1 atom stereocenters. The van der Waals surface area contributed by atoms with E-state index in [1.165, 1.54) is 0 Å². The summed E-state index contributed by atoms with van der Waals surface area (Å²) >= 11 is 0. The molecule has 0 aliphatic rings. The molecule has 0 saturated heterocycles. The zero-order chi connectivity index (χ0) is 21.6. The third kappa shape index (κ3) is 6.39. The van der Waals surface area contributed by atoms with Crippen LogP contribution in [0.5, 0.6) is 0 Å². The Morgan fingerprint density at radius 3 is 1.70 bits per heavy atom. The van der Waals surface area contributed by atoms with Crippen molar-refractivity contribution in [3.63, 3.8) is 0 Å². The molecule has 0 fully saturated rings. The molecule has 0 spiro atoms. The number of carbonyl (C=O) groups is 2. The predicted molar refractivity (Wildman–Crippen MR) is 80.8 cm³/mol. The van der Waals surface area contributed by atoms with Gasteiger partial charge in [0.25, 0.3) is 0 Å². The number of rotatable bonds is 11. The van der Waals surface area contributed by atoms with Crippen molar-refractivity contribution in [2.24, 2.45) is 5.92 Å². The topological polar surface area (TPSA) is 74.6 Å². The Morgan fingerprint density at radius 1 is 0.889 bits per heavy atom. The molecule has 0 aliphatic heterocycles. The molecule has 11 heteroatoms. The van der Waals surface area contributed by atoms with Crippen molar-refractivity contribution in [1.29, 1.82) is 0 Å². The zero-order valence-electron chi connectivity index (χ0n) is 14.7. The Labute approximate surface area is 151 Å². The molecule has 0 aromatic heterocycles. The van der Waals surface area contributed by atoms with Crippen LogP contribution < -0.4 is 0 Å². The molecule has 0 bridgehead atoms. The van der Waals surface area contributed by atoms with Gasteiger partial charge in [0.1, 0.15) is 0 Å². The van der Waals surface area contributed by atoms with Crippen LogP contribution in [0, 0.1) is 5.92 Å². The first-order chi connectivity index (χ1) is 12.1. The maximum Gasteiger partial charge on any atom is 0.459 e. The van der Waals surface area contributed by atoms with Gasteiger partial charge in [0.15, 0.2) is 0 Å². The van der Waals surface area contributed by atoms with Crippen molar-refractivity contribution in [2.45, 2.75) is 70.4 Å². The summed E-state index contributed by atoms with van der Waals surface area (Å²) in [7, 11) is 0. The van der Waals surface area contributed by atoms with Crippen LogP contribution >= 0.6 is 0 Å². The van der Waals surface area contributed by atoms with Crippen molar-refractivity contribution < 1.29 is 50.5 Å². The van der Waals surface area contributed by atoms with Gasteiger partial charge in [-0.25, -0.2) is 9.59 Å². The summed E-state index contributed by atoms with van der Waals surface area (Å²) < 4.78 is 90.0. The molecule has 4 nitrogen and oxygen atoms in total. The van der Waals surface area contributed by atoms with Crippen LogP contribution in [0.1, 0.15) is 52.4 Å². The highest BCUT2D eigenvalue weighted by Crippen LogP contribution is 2.49. The Balaban J connectivity index is 6.04. The Bertz CT molecular complexity index is 568. The fourth-order valence-electron chi connectivity index (χ4n) is 2.42. The summed E-state index contributed by atoms with van der Waals surface area (Å²) in [5.74, 6) is -17.0. The summed E-state index contributed by atoms with van der Waals surface area (Å²) in [6.45, 7) is 3.45. The first-order valence-electron chi connectivity index (χ1n) is 8.13. The minimum Gasteiger partial charge on any atom is -0.478 e. The summed E-state index contributed by atoms with van der Waals surface area (Å²) in [6.07, 6.45) is -7.61. The number of aliphatic carboxylic acids is 2. The summed E-state index contributed by atoms with van der Waals surface area (Å²) in [6, 6.07) is 0. The van der Waals surface area contributed by atoms with Gasteiger partial charge in [0.05, 0.1) is 12.0 Å². The standard InChI is InChI=1S/C16H21F7O4/c1-3-5-6-9(4-2)7-10(12(24)25)11(13(26)27)8-14(17,18)15(19,20)16(21,22)23/h9H,3-8H2,1-2H3,(H,24,25)(H,26,27)/b11-10-. The van der Waals surface area contributed by atoms with E-state index in [0.29, 0.717) is 25.7 Å². The molecular formula is C16H21F7O4. The van der Waals surface area contributed by atoms with Gasteiger partial charge < -0.3 is 10.2 Å². The highest BCUT2D eigenvalue weighted by atomic mass is 19.4. The van der Waals surface area contributed by atoms with Crippen LogP contribution in [-0.4, -0.2) is 40.2 Å². The number of halogens is 7. The number of alkyl halides is 7. The van der Waals surface area contributed by atoms with Gasteiger partial charge in [-0.15, -0.1) is 0 Å². The Morgan fingerprint density at radius 2 is 1.37 bits per heavy atom. The van der Waals surface area contributed by atoms with E-state index in [0.717, 1.165) is 0 Å². The minimum absolute atomic E-state index is 0.346. The highest BCUT2D eigenvalue weighted by molar-refractivity contribution is 5.98. The van der Waals surface area contributed by atoms with Gasteiger partial charge >= 0.3 is 30.0 Å². The Hall–Kier alpha value is -1.81. The van der Waals surface area contributed by atoms with Crippen molar-refractivity contribution in [3.05, 3.63) is 11.1 Å². The second-order valence-electron chi connectivity index (χ2n) is 6.14. The molecule has 0 amide bonds. The van der Waals surface area contributed by atoms with Gasteiger partial charge in [-0.05, 0) is 12.3 Å². The van der Waals surface area contributed by atoms with Crippen molar-refractivity contribution in [3.8, 4) is 0 Å². The molecule has 2 N–H and O–H groups in total. The van der Waals surface area contributed by atoms with Crippen molar-refractivity contribution >= 4 is 11.9 Å². The van der Waals surface area contributed by atoms with Gasteiger partial charge in [-0.1, -0.05) is 39.5 Å². The lowest BCUT2D eigenvalue weighted by Crippen LogP contribution is -2.52. The third-order valence-corrected chi connectivity index (χ3v) is 4.13. The summed E-state index contributed by atoms with van der Waals surface area (Å²) in [5, 5.41) is 18.2. The van der Waals surface area contributed by atoms with E-state index < -0.39 is 59.9 Å². The molecule has 27 heavy (non-hydrogen) atoms. The van der Waals surface area contributed by atoms with E-state index in [1.807, 2.05) is 6.92 Å². The van der Waals surface area contributed by atoms with E-state index in [1.54, 1.807) is 6.92 Å². The monoisotopic (exact) mass is 410 g/mol. The van der Waals surface area contributed by atoms with E-state index in [9.17, 15) is 40.3 Å². The van der Waals surface area contributed by atoms with Crippen LogP contribution in [0.3, 0.4) is 0 Å². The molecule has 158 valence electrons. The molecule has 0 saturated carbocycles. The second kappa shape index (κ2) is 9.41. The predicted octanol–water partition coefficient (Wildman–Crippen LogP) is 5.28. The molecule has 0 aromatic carbocycles. The lowest BCUT2D eigenvalue weighted by atomic mass is 9.87. The second-order valence-corrected chi connectivity index (χ2v) is 6.14.